The number of rotatable bonds is 6. The zero-order valence-electron chi connectivity index (χ0n) is 14.1. The summed E-state index contributed by atoms with van der Waals surface area (Å²) in [6, 6.07) is 7.87. The second kappa shape index (κ2) is 7.59. The standard InChI is InChI=1S/C18H26N2O3/c1-13-7-4-5-8-14(13)11-19-16(21)18(2,3)17(22)20-12-15-9-6-10-23-15/h4-5,7-8,15H,6,9-12H2,1-3H3,(H,19,21)(H,20,22). The topological polar surface area (TPSA) is 67.4 Å². The van der Waals surface area contributed by atoms with E-state index in [1.54, 1.807) is 13.8 Å². The van der Waals surface area contributed by atoms with Crippen molar-refractivity contribution in [2.24, 2.45) is 5.41 Å². The number of carbonyl (C=O) groups excluding carboxylic acids is 2. The van der Waals surface area contributed by atoms with Crippen LogP contribution in [-0.4, -0.2) is 31.1 Å². The van der Waals surface area contributed by atoms with Gasteiger partial charge in [0.05, 0.1) is 6.10 Å². The Morgan fingerprint density at radius 1 is 1.22 bits per heavy atom. The summed E-state index contributed by atoms with van der Waals surface area (Å²) in [6.07, 6.45) is 2.06. The number of hydrogen-bond acceptors (Lipinski definition) is 3. The molecule has 126 valence electrons. The van der Waals surface area contributed by atoms with Gasteiger partial charge in [-0.2, -0.15) is 0 Å². The molecule has 1 saturated heterocycles. The van der Waals surface area contributed by atoms with Crippen LogP contribution in [0, 0.1) is 12.3 Å². The van der Waals surface area contributed by atoms with Crippen LogP contribution in [-0.2, 0) is 20.9 Å². The number of hydrogen-bond donors (Lipinski definition) is 2. The Kier molecular flexibility index (Phi) is 5.77. The van der Waals surface area contributed by atoms with E-state index >= 15 is 0 Å². The summed E-state index contributed by atoms with van der Waals surface area (Å²) in [7, 11) is 0. The maximum Gasteiger partial charge on any atom is 0.235 e. The van der Waals surface area contributed by atoms with Crippen molar-refractivity contribution in [1.29, 1.82) is 0 Å². The molecule has 1 fully saturated rings. The summed E-state index contributed by atoms with van der Waals surface area (Å²) in [6.45, 7) is 6.93. The molecule has 1 aromatic carbocycles. The Morgan fingerprint density at radius 2 is 1.91 bits per heavy atom. The van der Waals surface area contributed by atoms with Crippen LogP contribution in [0.1, 0.15) is 37.8 Å². The molecule has 1 aliphatic rings. The SMILES string of the molecule is Cc1ccccc1CNC(=O)C(C)(C)C(=O)NCC1CCCO1. The lowest BCUT2D eigenvalue weighted by Crippen LogP contribution is -2.49. The first-order valence-corrected chi connectivity index (χ1v) is 8.14. The fraction of sp³-hybridized carbons (Fsp3) is 0.556. The van der Waals surface area contributed by atoms with Crippen LogP contribution < -0.4 is 10.6 Å². The Labute approximate surface area is 137 Å². The molecular formula is C18H26N2O3. The van der Waals surface area contributed by atoms with E-state index in [1.165, 1.54) is 0 Å². The quantitative estimate of drug-likeness (QED) is 0.788. The molecule has 1 aromatic rings. The second-order valence-electron chi connectivity index (χ2n) is 6.58. The third kappa shape index (κ3) is 4.55. The molecule has 2 N–H and O–H groups in total. The largest absolute Gasteiger partial charge is 0.376 e. The van der Waals surface area contributed by atoms with Gasteiger partial charge >= 0.3 is 0 Å². The lowest BCUT2D eigenvalue weighted by molar-refractivity contribution is -0.141. The third-order valence-corrected chi connectivity index (χ3v) is 4.35. The van der Waals surface area contributed by atoms with Crippen molar-refractivity contribution < 1.29 is 14.3 Å². The van der Waals surface area contributed by atoms with Gasteiger partial charge in [-0.05, 0) is 44.7 Å². The predicted octanol–water partition coefficient (Wildman–Crippen LogP) is 1.93. The van der Waals surface area contributed by atoms with Gasteiger partial charge in [0.1, 0.15) is 5.41 Å². The van der Waals surface area contributed by atoms with Crippen molar-refractivity contribution in [1.82, 2.24) is 10.6 Å². The number of carbonyl (C=O) groups is 2. The number of ether oxygens (including phenoxy) is 1. The average Bonchev–Trinajstić information content (AvgIpc) is 3.04. The van der Waals surface area contributed by atoms with Gasteiger partial charge < -0.3 is 15.4 Å². The molecule has 0 spiro atoms. The molecule has 23 heavy (non-hydrogen) atoms. The summed E-state index contributed by atoms with van der Waals surface area (Å²) in [5.41, 5.74) is 1.06. The van der Waals surface area contributed by atoms with Crippen LogP contribution in [0.25, 0.3) is 0 Å². The summed E-state index contributed by atoms with van der Waals surface area (Å²) in [5.74, 6) is -0.541. The van der Waals surface area contributed by atoms with Crippen molar-refractivity contribution in [2.45, 2.75) is 46.3 Å². The van der Waals surface area contributed by atoms with E-state index in [0.29, 0.717) is 13.1 Å². The van der Waals surface area contributed by atoms with Crippen LogP contribution >= 0.6 is 0 Å². The minimum absolute atomic E-state index is 0.0739. The van der Waals surface area contributed by atoms with Gasteiger partial charge in [0.2, 0.25) is 11.8 Å². The van der Waals surface area contributed by atoms with E-state index < -0.39 is 5.41 Å². The summed E-state index contributed by atoms with van der Waals surface area (Å²) in [4.78, 5) is 24.7. The van der Waals surface area contributed by atoms with E-state index in [9.17, 15) is 9.59 Å². The van der Waals surface area contributed by atoms with Crippen molar-refractivity contribution in [3.63, 3.8) is 0 Å². The summed E-state index contributed by atoms with van der Waals surface area (Å²) >= 11 is 0. The predicted molar refractivity (Wildman–Crippen MR) is 88.8 cm³/mol. The lowest BCUT2D eigenvalue weighted by Gasteiger charge is -2.24. The fourth-order valence-electron chi connectivity index (χ4n) is 2.54. The van der Waals surface area contributed by atoms with E-state index in [1.807, 2.05) is 31.2 Å². The smallest absolute Gasteiger partial charge is 0.235 e. The number of aryl methyl sites for hydroxylation is 1. The van der Waals surface area contributed by atoms with Gasteiger partial charge in [-0.3, -0.25) is 9.59 Å². The molecule has 0 saturated carbocycles. The molecule has 1 aliphatic heterocycles. The molecule has 2 amide bonds. The molecule has 5 nitrogen and oxygen atoms in total. The van der Waals surface area contributed by atoms with Gasteiger partial charge in [-0.25, -0.2) is 0 Å². The van der Waals surface area contributed by atoms with Crippen LogP contribution in [0.2, 0.25) is 0 Å². The molecular weight excluding hydrogens is 292 g/mol. The Morgan fingerprint density at radius 3 is 2.57 bits per heavy atom. The maximum absolute atomic E-state index is 12.4. The monoisotopic (exact) mass is 318 g/mol. The minimum Gasteiger partial charge on any atom is -0.376 e. The molecule has 0 aliphatic carbocycles. The molecule has 0 radical (unpaired) electrons. The van der Waals surface area contributed by atoms with E-state index in [-0.39, 0.29) is 17.9 Å². The van der Waals surface area contributed by atoms with Crippen molar-refractivity contribution in [2.75, 3.05) is 13.2 Å². The van der Waals surface area contributed by atoms with Crippen LogP contribution in [0.5, 0.6) is 0 Å². The summed E-state index contributed by atoms with van der Waals surface area (Å²) < 4.78 is 5.48. The van der Waals surface area contributed by atoms with Crippen LogP contribution in [0.3, 0.4) is 0 Å². The Balaban J connectivity index is 1.85. The first-order chi connectivity index (χ1) is 10.9. The molecule has 0 bridgehead atoms. The normalized spacial score (nSPS) is 17.8. The third-order valence-electron chi connectivity index (χ3n) is 4.35. The van der Waals surface area contributed by atoms with E-state index in [0.717, 1.165) is 30.6 Å². The number of benzene rings is 1. The minimum atomic E-state index is -1.11. The average molecular weight is 318 g/mol. The zero-order valence-corrected chi connectivity index (χ0v) is 14.1. The molecule has 2 rings (SSSR count). The highest BCUT2D eigenvalue weighted by Gasteiger charge is 2.36. The van der Waals surface area contributed by atoms with Gasteiger partial charge in [-0.1, -0.05) is 24.3 Å². The molecule has 1 heterocycles. The zero-order chi connectivity index (χ0) is 16.9. The van der Waals surface area contributed by atoms with Crippen molar-refractivity contribution >= 4 is 11.8 Å². The van der Waals surface area contributed by atoms with Crippen molar-refractivity contribution in [3.8, 4) is 0 Å². The van der Waals surface area contributed by atoms with Gasteiger partial charge in [0, 0.05) is 19.7 Å². The number of nitrogens with one attached hydrogen (secondary N) is 2. The summed E-state index contributed by atoms with van der Waals surface area (Å²) in [5, 5.41) is 5.69. The van der Waals surface area contributed by atoms with Gasteiger partial charge in [0.15, 0.2) is 0 Å². The first-order valence-electron chi connectivity index (χ1n) is 8.14. The lowest BCUT2D eigenvalue weighted by atomic mass is 9.90. The fourth-order valence-corrected chi connectivity index (χ4v) is 2.54. The highest BCUT2D eigenvalue weighted by atomic mass is 16.5. The van der Waals surface area contributed by atoms with E-state index in [4.69, 9.17) is 4.74 Å². The Bertz CT molecular complexity index is 563. The van der Waals surface area contributed by atoms with Gasteiger partial charge in [-0.15, -0.1) is 0 Å². The Hall–Kier alpha value is -1.88. The van der Waals surface area contributed by atoms with Crippen LogP contribution in [0.15, 0.2) is 24.3 Å². The second-order valence-corrected chi connectivity index (χ2v) is 6.58. The van der Waals surface area contributed by atoms with E-state index in [2.05, 4.69) is 10.6 Å². The van der Waals surface area contributed by atoms with Crippen LogP contribution in [0.4, 0.5) is 0 Å². The highest BCUT2D eigenvalue weighted by Crippen LogP contribution is 2.17. The van der Waals surface area contributed by atoms with Crippen molar-refractivity contribution in [3.05, 3.63) is 35.4 Å². The number of amides is 2. The molecule has 1 atom stereocenters. The molecule has 5 heteroatoms. The first kappa shape index (κ1) is 17.5. The highest BCUT2D eigenvalue weighted by molar-refractivity contribution is 6.04. The maximum atomic E-state index is 12.4. The molecule has 0 aromatic heterocycles. The van der Waals surface area contributed by atoms with Gasteiger partial charge in [0.25, 0.3) is 0 Å². The molecule has 1 unspecified atom stereocenters.